The second-order valence-corrected chi connectivity index (χ2v) is 7.60. The molecule has 1 atom stereocenters. The molecule has 2 aromatic carbocycles. The Bertz CT molecular complexity index is 1200. The van der Waals surface area contributed by atoms with Crippen LogP contribution in [0.25, 0.3) is 23.3 Å². The summed E-state index contributed by atoms with van der Waals surface area (Å²) in [5.74, 6) is 0.00630. The van der Waals surface area contributed by atoms with Crippen LogP contribution < -0.4 is 10.4 Å². The SMILES string of the molecule is O=C(c1ccnc(Cl)c1)C1C=c2c(ccc3c2=CCc2ccccc2-3)CC1. The molecule has 0 aliphatic heterocycles. The van der Waals surface area contributed by atoms with Crippen molar-refractivity contribution in [2.75, 3.05) is 0 Å². The van der Waals surface area contributed by atoms with Crippen molar-refractivity contribution in [1.29, 1.82) is 0 Å². The zero-order chi connectivity index (χ0) is 18.4. The molecule has 0 amide bonds. The predicted molar refractivity (Wildman–Crippen MR) is 109 cm³/mol. The minimum atomic E-state index is -0.118. The molecule has 0 N–H and O–H groups in total. The van der Waals surface area contributed by atoms with Gasteiger partial charge in [0.15, 0.2) is 5.78 Å². The molecule has 1 heterocycles. The fourth-order valence-electron chi connectivity index (χ4n) is 4.30. The normalized spacial score (nSPS) is 17.0. The number of aryl methyl sites for hydroxylation is 1. The number of benzene rings is 2. The van der Waals surface area contributed by atoms with E-state index in [2.05, 4.69) is 53.5 Å². The maximum atomic E-state index is 13.0. The van der Waals surface area contributed by atoms with E-state index in [1.807, 2.05) is 0 Å². The highest BCUT2D eigenvalue weighted by Crippen LogP contribution is 2.26. The van der Waals surface area contributed by atoms with Crippen LogP contribution in [0.3, 0.4) is 0 Å². The van der Waals surface area contributed by atoms with Gasteiger partial charge in [-0.3, -0.25) is 4.79 Å². The average molecular weight is 372 g/mol. The van der Waals surface area contributed by atoms with Gasteiger partial charge >= 0.3 is 0 Å². The monoisotopic (exact) mass is 371 g/mol. The second-order valence-electron chi connectivity index (χ2n) is 7.21. The van der Waals surface area contributed by atoms with Crippen LogP contribution in [0, 0.1) is 5.92 Å². The number of rotatable bonds is 2. The number of Topliss-reactive ketones (excluding diaryl/α,β-unsaturated/α-hetero) is 1. The number of halogens is 1. The number of carbonyl (C=O) groups is 1. The Morgan fingerprint density at radius 2 is 1.89 bits per heavy atom. The largest absolute Gasteiger partial charge is 0.294 e. The highest BCUT2D eigenvalue weighted by atomic mass is 35.5. The lowest BCUT2D eigenvalue weighted by Gasteiger charge is -2.21. The first-order valence-electron chi connectivity index (χ1n) is 9.29. The van der Waals surface area contributed by atoms with Gasteiger partial charge in [-0.15, -0.1) is 0 Å². The molecular weight excluding hydrogens is 354 g/mol. The van der Waals surface area contributed by atoms with E-state index in [0.717, 1.165) is 19.3 Å². The number of hydrogen-bond donors (Lipinski definition) is 0. The molecule has 3 heteroatoms. The zero-order valence-corrected chi connectivity index (χ0v) is 15.5. The van der Waals surface area contributed by atoms with Gasteiger partial charge in [-0.2, -0.15) is 0 Å². The number of hydrogen-bond acceptors (Lipinski definition) is 2. The highest BCUT2D eigenvalue weighted by molar-refractivity contribution is 6.29. The molecule has 0 bridgehead atoms. The molecule has 0 radical (unpaired) electrons. The Kier molecular flexibility index (Phi) is 3.95. The first-order chi connectivity index (χ1) is 13.2. The molecule has 0 saturated carbocycles. The molecule has 2 nitrogen and oxygen atoms in total. The standard InChI is InChI=1S/C24H18ClNO/c25-23-14-18(11-12-26-23)24(27)17-6-5-16-8-9-20-19-4-2-1-3-15(19)7-10-21(20)22(16)13-17/h1-4,8-14,17H,5-7H2. The molecule has 3 aromatic rings. The van der Waals surface area contributed by atoms with Crippen molar-refractivity contribution < 1.29 is 4.79 Å². The molecule has 2 aliphatic rings. The van der Waals surface area contributed by atoms with Gasteiger partial charge in [-0.25, -0.2) is 4.98 Å². The van der Waals surface area contributed by atoms with Crippen LogP contribution in [0.4, 0.5) is 0 Å². The van der Waals surface area contributed by atoms with Crippen molar-refractivity contribution in [3.05, 3.63) is 87.0 Å². The van der Waals surface area contributed by atoms with Gasteiger partial charge in [0.1, 0.15) is 5.15 Å². The van der Waals surface area contributed by atoms with Gasteiger partial charge in [0, 0.05) is 17.7 Å². The third-order valence-electron chi connectivity index (χ3n) is 5.65. The summed E-state index contributed by atoms with van der Waals surface area (Å²) in [5.41, 5.74) is 5.91. The van der Waals surface area contributed by atoms with Crippen LogP contribution in [-0.2, 0) is 12.8 Å². The van der Waals surface area contributed by atoms with Gasteiger partial charge < -0.3 is 0 Å². The Labute approximate surface area is 162 Å². The fourth-order valence-corrected chi connectivity index (χ4v) is 4.47. The summed E-state index contributed by atoms with van der Waals surface area (Å²) in [7, 11) is 0. The van der Waals surface area contributed by atoms with Crippen LogP contribution in [0.15, 0.2) is 54.7 Å². The Morgan fingerprint density at radius 3 is 2.78 bits per heavy atom. The third kappa shape index (κ3) is 2.81. The Hall–Kier alpha value is -2.71. The minimum Gasteiger partial charge on any atom is -0.294 e. The molecule has 1 aromatic heterocycles. The van der Waals surface area contributed by atoms with Gasteiger partial charge in [0.25, 0.3) is 0 Å². The molecule has 0 saturated heterocycles. The maximum absolute atomic E-state index is 13.0. The van der Waals surface area contributed by atoms with Crippen molar-refractivity contribution in [2.24, 2.45) is 5.92 Å². The number of fused-ring (bicyclic) bond motifs is 5. The number of carbonyl (C=O) groups excluding carboxylic acids is 1. The van der Waals surface area contributed by atoms with Crippen molar-refractivity contribution in [3.63, 3.8) is 0 Å². The van der Waals surface area contributed by atoms with E-state index in [1.54, 1.807) is 18.3 Å². The number of ketones is 1. The van der Waals surface area contributed by atoms with Crippen molar-refractivity contribution in [1.82, 2.24) is 4.98 Å². The van der Waals surface area contributed by atoms with Crippen LogP contribution >= 0.6 is 11.6 Å². The van der Waals surface area contributed by atoms with Gasteiger partial charge in [0.05, 0.1) is 0 Å². The van der Waals surface area contributed by atoms with Gasteiger partial charge in [-0.05, 0) is 64.1 Å². The molecule has 132 valence electrons. The van der Waals surface area contributed by atoms with E-state index >= 15 is 0 Å². The van der Waals surface area contributed by atoms with E-state index in [-0.39, 0.29) is 11.7 Å². The summed E-state index contributed by atoms with van der Waals surface area (Å²) >= 11 is 5.97. The predicted octanol–water partition coefficient (Wildman–Crippen LogP) is 3.96. The summed E-state index contributed by atoms with van der Waals surface area (Å²) in [6.45, 7) is 0. The molecule has 0 spiro atoms. The van der Waals surface area contributed by atoms with E-state index in [0.29, 0.717) is 10.7 Å². The molecule has 1 unspecified atom stereocenters. The zero-order valence-electron chi connectivity index (χ0n) is 14.8. The van der Waals surface area contributed by atoms with E-state index in [4.69, 9.17) is 11.6 Å². The van der Waals surface area contributed by atoms with E-state index in [1.165, 1.54) is 32.7 Å². The van der Waals surface area contributed by atoms with E-state index < -0.39 is 0 Å². The third-order valence-corrected chi connectivity index (χ3v) is 5.86. The quantitative estimate of drug-likeness (QED) is 0.504. The smallest absolute Gasteiger partial charge is 0.169 e. The second kappa shape index (κ2) is 6.47. The molecule has 0 fully saturated rings. The van der Waals surface area contributed by atoms with Crippen LogP contribution in [0.5, 0.6) is 0 Å². The van der Waals surface area contributed by atoms with Crippen LogP contribution in [0.2, 0.25) is 5.15 Å². The number of aromatic nitrogens is 1. The average Bonchev–Trinajstić information content (AvgIpc) is 2.72. The summed E-state index contributed by atoms with van der Waals surface area (Å²) in [6, 6.07) is 16.4. The first kappa shape index (κ1) is 16.5. The topological polar surface area (TPSA) is 30.0 Å². The summed E-state index contributed by atoms with van der Waals surface area (Å²) in [4.78, 5) is 17.0. The lowest BCUT2D eigenvalue weighted by atomic mass is 9.82. The number of pyridine rings is 1. The molecule has 5 rings (SSSR count). The summed E-state index contributed by atoms with van der Waals surface area (Å²) < 4.78 is 0. The summed E-state index contributed by atoms with van der Waals surface area (Å²) in [6.07, 6.45) is 8.76. The lowest BCUT2D eigenvalue weighted by Crippen LogP contribution is -2.37. The molecule has 2 aliphatic carbocycles. The fraction of sp³-hybridized carbons (Fsp3) is 0.167. The maximum Gasteiger partial charge on any atom is 0.169 e. The lowest BCUT2D eigenvalue weighted by molar-refractivity contribution is 0.0946. The summed E-state index contributed by atoms with van der Waals surface area (Å²) in [5, 5.41) is 2.86. The first-order valence-corrected chi connectivity index (χ1v) is 9.66. The van der Waals surface area contributed by atoms with Crippen LogP contribution in [0.1, 0.15) is 27.9 Å². The van der Waals surface area contributed by atoms with Crippen molar-refractivity contribution in [3.8, 4) is 11.1 Å². The minimum absolute atomic E-state index is 0.118. The van der Waals surface area contributed by atoms with Gasteiger partial charge in [0.2, 0.25) is 0 Å². The highest BCUT2D eigenvalue weighted by Gasteiger charge is 2.23. The Balaban J connectivity index is 1.64. The van der Waals surface area contributed by atoms with Crippen molar-refractivity contribution in [2.45, 2.75) is 19.3 Å². The van der Waals surface area contributed by atoms with E-state index in [9.17, 15) is 4.79 Å². The molecule has 27 heavy (non-hydrogen) atoms. The van der Waals surface area contributed by atoms with Crippen LogP contribution in [-0.4, -0.2) is 10.8 Å². The Morgan fingerprint density at radius 1 is 1.00 bits per heavy atom. The number of nitrogens with zero attached hydrogens (tertiary/aromatic N) is 1. The molecular formula is C24H18ClNO. The van der Waals surface area contributed by atoms with Crippen molar-refractivity contribution >= 4 is 29.5 Å². The van der Waals surface area contributed by atoms with Gasteiger partial charge in [-0.1, -0.05) is 60.2 Å².